The molecule has 2 aromatic carbocycles. The Balaban J connectivity index is 1.91. The van der Waals surface area contributed by atoms with E-state index in [4.69, 9.17) is 9.47 Å². The van der Waals surface area contributed by atoms with Gasteiger partial charge >= 0.3 is 5.97 Å². The second-order valence-electron chi connectivity index (χ2n) is 4.20. The molecule has 0 saturated carbocycles. The van der Waals surface area contributed by atoms with Crippen LogP contribution in [-0.4, -0.2) is 19.2 Å². The van der Waals surface area contributed by atoms with Crippen LogP contribution in [0.15, 0.2) is 40.9 Å². The second kappa shape index (κ2) is 6.57. The Morgan fingerprint density at radius 2 is 1.84 bits per heavy atom. The van der Waals surface area contributed by atoms with Crippen molar-refractivity contribution in [3.05, 3.63) is 40.9 Å². The van der Waals surface area contributed by atoms with Gasteiger partial charge in [0.1, 0.15) is 5.75 Å². The summed E-state index contributed by atoms with van der Waals surface area (Å²) in [6, 6.07) is 12.1. The molecule has 0 aliphatic carbocycles. The molecule has 0 aromatic heterocycles. The van der Waals surface area contributed by atoms with Gasteiger partial charge in [-0.3, -0.25) is 4.79 Å². The molecule has 19 heavy (non-hydrogen) atoms. The van der Waals surface area contributed by atoms with E-state index in [2.05, 4.69) is 22.0 Å². The van der Waals surface area contributed by atoms with E-state index in [1.807, 2.05) is 30.3 Å². The maximum atomic E-state index is 10.6. The number of halogens is 1. The first kappa shape index (κ1) is 13.9. The molecular formula is C15H15BrO3. The van der Waals surface area contributed by atoms with E-state index >= 15 is 0 Å². The molecule has 0 radical (unpaired) electrons. The predicted molar refractivity (Wildman–Crippen MR) is 78.4 cm³/mol. The zero-order valence-electron chi connectivity index (χ0n) is 10.7. The van der Waals surface area contributed by atoms with Crippen LogP contribution in [-0.2, 0) is 9.53 Å². The molecule has 0 saturated heterocycles. The van der Waals surface area contributed by atoms with Crippen molar-refractivity contribution < 1.29 is 14.3 Å². The number of carbonyl (C=O) groups excluding carboxylic acids is 1. The van der Waals surface area contributed by atoms with Crippen molar-refractivity contribution >= 4 is 32.7 Å². The quantitative estimate of drug-likeness (QED) is 0.618. The normalized spacial score (nSPS) is 10.4. The highest BCUT2D eigenvalue weighted by Gasteiger charge is 1.99. The van der Waals surface area contributed by atoms with Gasteiger partial charge in [0.2, 0.25) is 0 Å². The Labute approximate surface area is 120 Å². The summed E-state index contributed by atoms with van der Waals surface area (Å²) in [4.78, 5) is 10.6. The largest absolute Gasteiger partial charge is 0.493 e. The Hall–Kier alpha value is -1.55. The molecule has 0 atom stereocenters. The second-order valence-corrected chi connectivity index (χ2v) is 5.11. The first-order valence-electron chi connectivity index (χ1n) is 6.10. The molecule has 0 aliphatic heterocycles. The van der Waals surface area contributed by atoms with Gasteiger partial charge in [-0.15, -0.1) is 0 Å². The molecule has 0 spiro atoms. The van der Waals surface area contributed by atoms with Crippen LogP contribution in [0.2, 0.25) is 0 Å². The fraction of sp³-hybridized carbons (Fsp3) is 0.267. The minimum Gasteiger partial charge on any atom is -0.493 e. The maximum absolute atomic E-state index is 10.6. The first-order valence-corrected chi connectivity index (χ1v) is 6.90. The highest BCUT2D eigenvalue weighted by atomic mass is 79.9. The number of hydrogen-bond acceptors (Lipinski definition) is 3. The van der Waals surface area contributed by atoms with Crippen LogP contribution in [0.1, 0.15) is 13.3 Å². The van der Waals surface area contributed by atoms with E-state index in [-0.39, 0.29) is 5.97 Å². The summed E-state index contributed by atoms with van der Waals surface area (Å²) < 4.78 is 11.5. The van der Waals surface area contributed by atoms with Gasteiger partial charge in [0.25, 0.3) is 0 Å². The molecule has 0 unspecified atom stereocenters. The minimum atomic E-state index is -0.253. The summed E-state index contributed by atoms with van der Waals surface area (Å²) in [6.45, 7) is 2.34. The van der Waals surface area contributed by atoms with Crippen LogP contribution in [0.4, 0.5) is 0 Å². The third-order valence-corrected chi connectivity index (χ3v) is 3.13. The third kappa shape index (κ3) is 4.24. The van der Waals surface area contributed by atoms with Gasteiger partial charge in [0.15, 0.2) is 0 Å². The Morgan fingerprint density at radius 1 is 1.11 bits per heavy atom. The van der Waals surface area contributed by atoms with Gasteiger partial charge < -0.3 is 9.47 Å². The Morgan fingerprint density at radius 3 is 2.63 bits per heavy atom. The van der Waals surface area contributed by atoms with Gasteiger partial charge in [-0.05, 0) is 35.0 Å². The fourth-order valence-corrected chi connectivity index (χ4v) is 2.13. The van der Waals surface area contributed by atoms with Crippen molar-refractivity contribution in [3.8, 4) is 5.75 Å². The zero-order valence-corrected chi connectivity index (χ0v) is 12.3. The predicted octanol–water partition coefficient (Wildman–Crippen LogP) is 3.93. The zero-order chi connectivity index (χ0) is 13.7. The number of carbonyl (C=O) groups is 1. The van der Waals surface area contributed by atoms with E-state index in [9.17, 15) is 4.79 Å². The number of rotatable bonds is 5. The number of benzene rings is 2. The summed E-state index contributed by atoms with van der Waals surface area (Å²) in [7, 11) is 0. The van der Waals surface area contributed by atoms with Crippen molar-refractivity contribution in [2.45, 2.75) is 13.3 Å². The summed E-state index contributed by atoms with van der Waals surface area (Å²) in [6.07, 6.45) is 0.692. The van der Waals surface area contributed by atoms with Crippen LogP contribution in [0.25, 0.3) is 10.8 Å². The molecule has 2 rings (SSSR count). The topological polar surface area (TPSA) is 35.5 Å². The summed E-state index contributed by atoms with van der Waals surface area (Å²) in [5.41, 5.74) is 0. The van der Waals surface area contributed by atoms with Crippen LogP contribution >= 0.6 is 15.9 Å². The first-order chi connectivity index (χ1) is 9.15. The molecule has 0 bridgehead atoms. The highest BCUT2D eigenvalue weighted by molar-refractivity contribution is 9.10. The summed E-state index contributed by atoms with van der Waals surface area (Å²) >= 11 is 3.45. The molecule has 4 heteroatoms. The number of hydrogen-bond donors (Lipinski definition) is 0. The van der Waals surface area contributed by atoms with Crippen LogP contribution in [0.3, 0.4) is 0 Å². The van der Waals surface area contributed by atoms with E-state index in [1.54, 1.807) is 0 Å². The molecule has 0 amide bonds. The van der Waals surface area contributed by atoms with Gasteiger partial charge in [-0.2, -0.15) is 0 Å². The van der Waals surface area contributed by atoms with Gasteiger partial charge in [0, 0.05) is 17.8 Å². The lowest BCUT2D eigenvalue weighted by atomic mass is 10.1. The Kier molecular flexibility index (Phi) is 4.80. The van der Waals surface area contributed by atoms with Crippen molar-refractivity contribution in [3.63, 3.8) is 0 Å². The van der Waals surface area contributed by atoms with Crippen LogP contribution < -0.4 is 4.74 Å². The SMILES string of the molecule is CC(=O)OCCCOc1ccc2cc(Br)ccc2c1. The molecule has 100 valence electrons. The molecule has 0 fully saturated rings. The average molecular weight is 323 g/mol. The molecule has 2 aromatic rings. The van der Waals surface area contributed by atoms with Gasteiger partial charge in [0.05, 0.1) is 13.2 Å². The minimum absolute atomic E-state index is 0.253. The number of ether oxygens (including phenoxy) is 2. The van der Waals surface area contributed by atoms with E-state index in [1.165, 1.54) is 12.3 Å². The summed E-state index contributed by atoms with van der Waals surface area (Å²) in [5.74, 6) is 0.578. The van der Waals surface area contributed by atoms with E-state index in [0.29, 0.717) is 19.6 Å². The molecular weight excluding hydrogens is 308 g/mol. The van der Waals surface area contributed by atoms with Crippen molar-refractivity contribution in [2.75, 3.05) is 13.2 Å². The van der Waals surface area contributed by atoms with Crippen molar-refractivity contribution in [1.82, 2.24) is 0 Å². The van der Waals surface area contributed by atoms with Gasteiger partial charge in [-0.1, -0.05) is 28.1 Å². The Bertz CT molecular complexity index is 581. The standard InChI is InChI=1S/C15H15BrO3/c1-11(17)18-7-2-8-19-15-6-4-12-9-14(16)5-3-13(12)10-15/h3-6,9-10H,2,7-8H2,1H3. The third-order valence-electron chi connectivity index (χ3n) is 2.64. The highest BCUT2D eigenvalue weighted by Crippen LogP contribution is 2.24. The molecule has 3 nitrogen and oxygen atoms in total. The lowest BCUT2D eigenvalue weighted by Crippen LogP contribution is -2.05. The van der Waals surface area contributed by atoms with Crippen LogP contribution in [0.5, 0.6) is 5.75 Å². The van der Waals surface area contributed by atoms with E-state index < -0.39 is 0 Å². The number of esters is 1. The van der Waals surface area contributed by atoms with Gasteiger partial charge in [-0.25, -0.2) is 0 Å². The lowest BCUT2D eigenvalue weighted by molar-refractivity contribution is -0.141. The van der Waals surface area contributed by atoms with Crippen molar-refractivity contribution in [1.29, 1.82) is 0 Å². The lowest BCUT2D eigenvalue weighted by Gasteiger charge is -2.07. The molecule has 0 heterocycles. The molecule has 0 N–H and O–H groups in total. The smallest absolute Gasteiger partial charge is 0.302 e. The molecule has 0 aliphatic rings. The number of fused-ring (bicyclic) bond motifs is 1. The summed E-state index contributed by atoms with van der Waals surface area (Å²) in [5, 5.41) is 2.31. The maximum Gasteiger partial charge on any atom is 0.302 e. The van der Waals surface area contributed by atoms with E-state index in [0.717, 1.165) is 15.6 Å². The van der Waals surface area contributed by atoms with Crippen molar-refractivity contribution in [2.24, 2.45) is 0 Å². The van der Waals surface area contributed by atoms with Crippen LogP contribution in [0, 0.1) is 0 Å². The average Bonchev–Trinajstić information content (AvgIpc) is 2.38. The fourth-order valence-electron chi connectivity index (χ4n) is 1.75. The monoisotopic (exact) mass is 322 g/mol.